The number of hydrogen-bond acceptors (Lipinski definition) is 6. The average molecular weight is 505 g/mol. The summed E-state index contributed by atoms with van der Waals surface area (Å²) in [5, 5.41) is 1.59. The van der Waals surface area contributed by atoms with Crippen molar-refractivity contribution in [1.82, 2.24) is 4.98 Å². The predicted molar refractivity (Wildman–Crippen MR) is 113 cm³/mol. The first-order valence-corrected chi connectivity index (χ1v) is 12.2. The molecule has 0 N–H and O–H groups in total. The Morgan fingerprint density at radius 3 is 2.18 bits per heavy atom. The van der Waals surface area contributed by atoms with Crippen molar-refractivity contribution in [1.29, 1.82) is 0 Å². The summed E-state index contributed by atoms with van der Waals surface area (Å²) < 4.78 is 93.4. The highest BCUT2D eigenvalue weighted by atomic mass is 32.2. The summed E-state index contributed by atoms with van der Waals surface area (Å²) in [7, 11) is -3.74. The van der Waals surface area contributed by atoms with Crippen LogP contribution in [0.25, 0.3) is 11.3 Å². The van der Waals surface area contributed by atoms with Crippen LogP contribution in [0, 0.1) is 11.6 Å². The van der Waals surface area contributed by atoms with Gasteiger partial charge in [0.05, 0.1) is 15.8 Å². The molecule has 1 aliphatic heterocycles. The Morgan fingerprint density at radius 1 is 1.00 bits per heavy atom. The third-order valence-corrected chi connectivity index (χ3v) is 8.37. The van der Waals surface area contributed by atoms with E-state index in [2.05, 4.69) is 9.72 Å². The van der Waals surface area contributed by atoms with E-state index in [1.54, 1.807) is 5.38 Å². The van der Waals surface area contributed by atoms with Crippen molar-refractivity contribution in [3.05, 3.63) is 59.5 Å². The van der Waals surface area contributed by atoms with Gasteiger partial charge in [0.25, 0.3) is 0 Å². The number of rotatable bonds is 5. The molecule has 0 bridgehead atoms. The molecule has 0 unspecified atom stereocenters. The third-order valence-electron chi connectivity index (χ3n) is 5.19. The number of ether oxygens (including phenoxy) is 1. The molecule has 176 valence electrons. The van der Waals surface area contributed by atoms with E-state index in [1.807, 2.05) is 4.90 Å². The molecule has 0 atom stereocenters. The van der Waals surface area contributed by atoms with Gasteiger partial charge in [0, 0.05) is 30.1 Å². The van der Waals surface area contributed by atoms with Crippen LogP contribution in [-0.4, -0.2) is 38.1 Å². The fraction of sp³-hybridized carbons (Fsp3) is 0.286. The zero-order chi connectivity index (χ0) is 23.8. The van der Waals surface area contributed by atoms with Gasteiger partial charge in [-0.25, -0.2) is 22.2 Å². The molecule has 4 rings (SSSR count). The molecule has 1 aliphatic rings. The van der Waals surface area contributed by atoms with Crippen LogP contribution in [-0.2, 0) is 9.84 Å². The molecular formula is C21H17F5N2O3S2. The average Bonchev–Trinajstić information content (AvgIpc) is 3.23. The minimum absolute atomic E-state index is 0.0693. The lowest BCUT2D eigenvalue weighted by Crippen LogP contribution is -2.39. The molecule has 2 aromatic carbocycles. The Balaban J connectivity index is 1.42. The topological polar surface area (TPSA) is 59.5 Å². The number of anilines is 1. The third kappa shape index (κ3) is 5.44. The number of benzene rings is 2. The summed E-state index contributed by atoms with van der Waals surface area (Å²) in [6.07, 6.45) is -4.26. The largest absolute Gasteiger partial charge is 0.573 e. The maximum atomic E-state index is 13.5. The lowest BCUT2D eigenvalue weighted by Gasteiger charge is -2.31. The number of sulfone groups is 1. The van der Waals surface area contributed by atoms with Crippen LogP contribution in [0.2, 0.25) is 0 Å². The summed E-state index contributed by atoms with van der Waals surface area (Å²) in [4.78, 5) is 6.26. The molecule has 1 fully saturated rings. The first kappa shape index (κ1) is 23.4. The van der Waals surface area contributed by atoms with E-state index in [0.29, 0.717) is 42.3 Å². The number of hydrogen-bond donors (Lipinski definition) is 0. The van der Waals surface area contributed by atoms with Crippen LogP contribution in [0.1, 0.15) is 12.8 Å². The Labute approximate surface area is 190 Å². The first-order chi connectivity index (χ1) is 15.5. The van der Waals surface area contributed by atoms with Gasteiger partial charge in [0.15, 0.2) is 15.0 Å². The fourth-order valence-corrected chi connectivity index (χ4v) is 6.24. The molecule has 0 aliphatic carbocycles. The quantitative estimate of drug-likeness (QED) is 0.434. The zero-order valence-electron chi connectivity index (χ0n) is 16.9. The van der Waals surface area contributed by atoms with Gasteiger partial charge in [0.1, 0.15) is 17.4 Å². The summed E-state index contributed by atoms with van der Waals surface area (Å²) in [5.74, 6) is -1.90. The van der Waals surface area contributed by atoms with Gasteiger partial charge in [0.2, 0.25) is 0 Å². The van der Waals surface area contributed by atoms with Crippen molar-refractivity contribution >= 4 is 26.3 Å². The summed E-state index contributed by atoms with van der Waals surface area (Å²) in [5.41, 5.74) is 0.731. The lowest BCUT2D eigenvalue weighted by atomic mass is 10.1. The van der Waals surface area contributed by atoms with E-state index in [-0.39, 0.29) is 4.90 Å². The van der Waals surface area contributed by atoms with Crippen LogP contribution < -0.4 is 9.64 Å². The number of aromatic nitrogens is 1. The number of thiazole rings is 1. The molecule has 0 saturated carbocycles. The number of alkyl halides is 3. The molecule has 1 saturated heterocycles. The molecule has 2 heterocycles. The van der Waals surface area contributed by atoms with Gasteiger partial charge in [-0.05, 0) is 49.2 Å². The Hall–Kier alpha value is -2.73. The van der Waals surface area contributed by atoms with Gasteiger partial charge in [-0.1, -0.05) is 0 Å². The van der Waals surface area contributed by atoms with E-state index >= 15 is 0 Å². The van der Waals surface area contributed by atoms with Gasteiger partial charge >= 0.3 is 6.36 Å². The maximum Gasteiger partial charge on any atom is 0.573 e. The standard InChI is InChI=1S/C21H17F5N2O3S2/c22-14-9-13(10-15(23)11-14)19-12-32-20(27-19)28-7-5-18(6-8-28)33(29,30)17-3-1-16(2-4-17)31-21(24,25)26/h1-4,9-12,18H,5-8H2. The van der Waals surface area contributed by atoms with Crippen LogP contribution in [0.5, 0.6) is 5.75 Å². The number of nitrogens with zero attached hydrogens (tertiary/aromatic N) is 2. The highest BCUT2D eigenvalue weighted by Crippen LogP contribution is 2.33. The van der Waals surface area contributed by atoms with Gasteiger partial charge in [-0.15, -0.1) is 24.5 Å². The van der Waals surface area contributed by atoms with Gasteiger partial charge in [-0.2, -0.15) is 0 Å². The van der Waals surface area contributed by atoms with Gasteiger partial charge < -0.3 is 9.64 Å². The normalized spacial score (nSPS) is 15.6. The monoisotopic (exact) mass is 504 g/mol. The van der Waals surface area contributed by atoms with Crippen LogP contribution in [0.4, 0.5) is 27.1 Å². The smallest absolute Gasteiger partial charge is 0.406 e. The van der Waals surface area contributed by atoms with E-state index in [4.69, 9.17) is 0 Å². The SMILES string of the molecule is O=S(=O)(c1ccc(OC(F)(F)F)cc1)C1CCN(c2nc(-c3cc(F)cc(F)c3)cs2)CC1. The molecule has 5 nitrogen and oxygen atoms in total. The molecular weight excluding hydrogens is 487 g/mol. The number of piperidine rings is 1. The molecule has 1 aromatic heterocycles. The first-order valence-electron chi connectivity index (χ1n) is 9.78. The zero-order valence-corrected chi connectivity index (χ0v) is 18.5. The Morgan fingerprint density at radius 2 is 1.61 bits per heavy atom. The molecule has 3 aromatic rings. The van der Waals surface area contributed by atoms with Crippen LogP contribution in [0.15, 0.2) is 52.7 Å². The summed E-state index contributed by atoms with van der Waals surface area (Å²) >= 11 is 1.29. The lowest BCUT2D eigenvalue weighted by molar-refractivity contribution is -0.274. The van der Waals surface area contributed by atoms with E-state index in [0.717, 1.165) is 30.3 Å². The second-order valence-electron chi connectivity index (χ2n) is 7.42. The van der Waals surface area contributed by atoms with Crippen molar-refractivity contribution < 1.29 is 35.1 Å². The number of halogens is 5. The summed E-state index contributed by atoms with van der Waals surface area (Å²) in [6, 6.07) is 7.31. The van der Waals surface area contributed by atoms with Crippen molar-refractivity contribution in [2.45, 2.75) is 29.3 Å². The van der Waals surface area contributed by atoms with Crippen molar-refractivity contribution in [2.24, 2.45) is 0 Å². The minimum atomic E-state index is -4.86. The second kappa shape index (κ2) is 8.90. The minimum Gasteiger partial charge on any atom is -0.406 e. The molecule has 12 heteroatoms. The molecule has 33 heavy (non-hydrogen) atoms. The molecule has 0 spiro atoms. The van der Waals surface area contributed by atoms with Crippen molar-refractivity contribution in [3.8, 4) is 17.0 Å². The highest BCUT2D eigenvalue weighted by Gasteiger charge is 2.33. The summed E-state index contributed by atoms with van der Waals surface area (Å²) in [6.45, 7) is 0.785. The van der Waals surface area contributed by atoms with Crippen molar-refractivity contribution in [2.75, 3.05) is 18.0 Å². The van der Waals surface area contributed by atoms with E-state index in [1.165, 1.54) is 23.5 Å². The van der Waals surface area contributed by atoms with Gasteiger partial charge in [-0.3, -0.25) is 0 Å². The van der Waals surface area contributed by atoms with E-state index in [9.17, 15) is 30.4 Å². The van der Waals surface area contributed by atoms with Crippen LogP contribution >= 0.6 is 11.3 Å². The second-order valence-corrected chi connectivity index (χ2v) is 10.5. The maximum absolute atomic E-state index is 13.5. The Bertz CT molecular complexity index is 1220. The molecule has 0 radical (unpaired) electrons. The Kier molecular flexibility index (Phi) is 6.32. The molecule has 0 amide bonds. The highest BCUT2D eigenvalue weighted by molar-refractivity contribution is 7.92. The predicted octanol–water partition coefficient (Wildman–Crippen LogP) is 5.43. The van der Waals surface area contributed by atoms with Crippen molar-refractivity contribution in [3.63, 3.8) is 0 Å². The van der Waals surface area contributed by atoms with E-state index < -0.39 is 38.8 Å². The fourth-order valence-electron chi connectivity index (χ4n) is 3.62. The van der Waals surface area contributed by atoms with Crippen LogP contribution in [0.3, 0.4) is 0 Å².